The predicted octanol–water partition coefficient (Wildman–Crippen LogP) is 1.96. The molecule has 0 bridgehead atoms. The molecule has 0 saturated carbocycles. The van der Waals surface area contributed by atoms with Gasteiger partial charge in [-0.1, -0.05) is 6.07 Å². The zero-order valence-corrected chi connectivity index (χ0v) is 17.3. The molecule has 2 atom stereocenters. The quantitative estimate of drug-likeness (QED) is 0.806. The maximum Gasteiger partial charge on any atom is 0.253 e. The smallest absolute Gasteiger partial charge is 0.253 e. The Morgan fingerprint density at radius 2 is 2.07 bits per heavy atom. The molecule has 7 heteroatoms. The van der Waals surface area contributed by atoms with Crippen molar-refractivity contribution in [1.82, 2.24) is 19.8 Å². The molecule has 4 heterocycles. The van der Waals surface area contributed by atoms with Gasteiger partial charge in [-0.05, 0) is 38.5 Å². The highest BCUT2D eigenvalue weighted by molar-refractivity contribution is 5.95. The first-order chi connectivity index (χ1) is 14.1. The van der Waals surface area contributed by atoms with Crippen molar-refractivity contribution >= 4 is 5.91 Å². The van der Waals surface area contributed by atoms with Crippen molar-refractivity contribution in [1.29, 1.82) is 0 Å². The van der Waals surface area contributed by atoms with Crippen LogP contribution in [0.4, 0.5) is 0 Å². The first kappa shape index (κ1) is 20.1. The second-order valence-corrected chi connectivity index (χ2v) is 7.86. The predicted molar refractivity (Wildman–Crippen MR) is 110 cm³/mol. The first-order valence-electron chi connectivity index (χ1n) is 10.4. The highest BCUT2D eigenvalue weighted by atomic mass is 16.5. The summed E-state index contributed by atoms with van der Waals surface area (Å²) in [5.41, 5.74) is 2.61. The number of hydrogen-bond acceptors (Lipinski definition) is 5. The minimum absolute atomic E-state index is 0.0301. The van der Waals surface area contributed by atoms with Crippen molar-refractivity contribution in [2.75, 3.05) is 46.1 Å². The van der Waals surface area contributed by atoms with Crippen LogP contribution in [0.5, 0.6) is 0 Å². The standard InChI is InChI=1S/C22H30N4O3/c1-16-13-19(17(2)26(16)21-5-3-4-7-23-21)22(27)24-14-20(18-6-10-29-15-18)25-8-11-28-12-9-25/h3-5,7,13,18,20H,6,8-12,14-15H2,1-2H3,(H,24,27). The fraction of sp³-hybridized carbons (Fsp3) is 0.545. The fourth-order valence-electron chi connectivity index (χ4n) is 4.48. The molecule has 2 aromatic rings. The maximum atomic E-state index is 13.0. The summed E-state index contributed by atoms with van der Waals surface area (Å²) in [7, 11) is 0. The fourth-order valence-corrected chi connectivity index (χ4v) is 4.48. The van der Waals surface area contributed by atoms with E-state index in [1.54, 1.807) is 6.20 Å². The summed E-state index contributed by atoms with van der Waals surface area (Å²) < 4.78 is 13.2. The van der Waals surface area contributed by atoms with Crippen LogP contribution in [0.3, 0.4) is 0 Å². The van der Waals surface area contributed by atoms with Crippen LogP contribution in [0, 0.1) is 19.8 Å². The molecule has 4 rings (SSSR count). The summed E-state index contributed by atoms with van der Waals surface area (Å²) in [6.07, 6.45) is 2.82. The van der Waals surface area contributed by atoms with Crippen molar-refractivity contribution in [3.05, 3.63) is 47.4 Å². The third kappa shape index (κ3) is 4.37. The molecule has 156 valence electrons. The average Bonchev–Trinajstić information content (AvgIpc) is 3.38. The van der Waals surface area contributed by atoms with Gasteiger partial charge < -0.3 is 19.4 Å². The lowest BCUT2D eigenvalue weighted by Crippen LogP contribution is -2.52. The second-order valence-electron chi connectivity index (χ2n) is 7.86. The highest BCUT2D eigenvalue weighted by Crippen LogP contribution is 2.23. The number of rotatable bonds is 6. The van der Waals surface area contributed by atoms with E-state index >= 15 is 0 Å². The van der Waals surface area contributed by atoms with E-state index in [0.717, 1.165) is 63.1 Å². The summed E-state index contributed by atoms with van der Waals surface area (Å²) in [6, 6.07) is 8.03. The number of carbonyl (C=O) groups excluding carboxylic acids is 1. The Kier molecular flexibility index (Phi) is 6.28. The number of nitrogens with zero attached hydrogens (tertiary/aromatic N) is 3. The molecule has 0 radical (unpaired) electrons. The third-order valence-electron chi connectivity index (χ3n) is 6.05. The van der Waals surface area contributed by atoms with Crippen molar-refractivity contribution in [2.45, 2.75) is 26.3 Å². The van der Waals surface area contributed by atoms with Crippen molar-refractivity contribution in [3.8, 4) is 5.82 Å². The summed E-state index contributed by atoms with van der Waals surface area (Å²) >= 11 is 0. The van der Waals surface area contributed by atoms with Crippen molar-refractivity contribution in [2.24, 2.45) is 5.92 Å². The lowest BCUT2D eigenvalue weighted by molar-refractivity contribution is 0.00166. The number of nitrogens with one attached hydrogen (secondary N) is 1. The minimum atomic E-state index is -0.0301. The molecule has 2 saturated heterocycles. The Hall–Kier alpha value is -2.22. The summed E-state index contributed by atoms with van der Waals surface area (Å²) in [5.74, 6) is 1.25. The Bertz CT molecular complexity index is 824. The van der Waals surface area contributed by atoms with Crippen molar-refractivity contribution in [3.63, 3.8) is 0 Å². The summed E-state index contributed by atoms with van der Waals surface area (Å²) in [6.45, 7) is 9.51. The lowest BCUT2D eigenvalue weighted by Gasteiger charge is -2.37. The highest BCUT2D eigenvalue weighted by Gasteiger charge is 2.32. The number of amides is 1. The van der Waals surface area contributed by atoms with Crippen LogP contribution in [-0.2, 0) is 9.47 Å². The van der Waals surface area contributed by atoms with Gasteiger partial charge in [0.25, 0.3) is 5.91 Å². The molecule has 2 unspecified atom stereocenters. The molecule has 2 aromatic heterocycles. The normalized spacial score (nSPS) is 21.2. The number of pyridine rings is 1. The third-order valence-corrected chi connectivity index (χ3v) is 6.05. The van der Waals surface area contributed by atoms with Crippen LogP contribution >= 0.6 is 0 Å². The van der Waals surface area contributed by atoms with Gasteiger partial charge in [0.15, 0.2) is 0 Å². The molecule has 1 amide bonds. The van der Waals surface area contributed by atoms with Crippen LogP contribution in [0.2, 0.25) is 0 Å². The molecule has 2 aliphatic rings. The summed E-state index contributed by atoms with van der Waals surface area (Å²) in [5, 5.41) is 3.20. The minimum Gasteiger partial charge on any atom is -0.381 e. The lowest BCUT2D eigenvalue weighted by atomic mass is 9.96. The molecular formula is C22H30N4O3. The van der Waals surface area contributed by atoms with Gasteiger partial charge in [-0.2, -0.15) is 0 Å². The van der Waals surface area contributed by atoms with E-state index in [0.29, 0.717) is 18.0 Å². The van der Waals surface area contributed by atoms with Crippen molar-refractivity contribution < 1.29 is 14.3 Å². The summed E-state index contributed by atoms with van der Waals surface area (Å²) in [4.78, 5) is 19.9. The van der Waals surface area contributed by atoms with E-state index in [9.17, 15) is 4.79 Å². The molecule has 7 nitrogen and oxygen atoms in total. The van der Waals surface area contributed by atoms with E-state index in [-0.39, 0.29) is 11.9 Å². The SMILES string of the molecule is Cc1cc(C(=O)NCC(C2CCOC2)N2CCOCC2)c(C)n1-c1ccccn1. The van der Waals surface area contributed by atoms with E-state index < -0.39 is 0 Å². The number of hydrogen-bond donors (Lipinski definition) is 1. The molecule has 1 N–H and O–H groups in total. The first-order valence-corrected chi connectivity index (χ1v) is 10.4. The van der Waals surface area contributed by atoms with Crippen LogP contribution in [0.1, 0.15) is 28.2 Å². The Morgan fingerprint density at radius 3 is 2.76 bits per heavy atom. The van der Waals surface area contributed by atoms with Gasteiger partial charge in [-0.15, -0.1) is 0 Å². The van der Waals surface area contributed by atoms with Gasteiger partial charge >= 0.3 is 0 Å². The van der Waals surface area contributed by atoms with Crippen LogP contribution in [-0.4, -0.2) is 72.5 Å². The average molecular weight is 399 g/mol. The molecule has 0 aliphatic carbocycles. The van der Waals surface area contributed by atoms with E-state index in [4.69, 9.17) is 9.47 Å². The molecule has 0 aromatic carbocycles. The Balaban J connectivity index is 1.48. The molecule has 29 heavy (non-hydrogen) atoms. The molecule has 2 aliphatic heterocycles. The molecule has 2 fully saturated rings. The number of carbonyl (C=O) groups is 1. The van der Waals surface area contributed by atoms with Crippen LogP contribution < -0.4 is 5.32 Å². The zero-order valence-electron chi connectivity index (χ0n) is 17.3. The van der Waals surface area contributed by atoms with Crippen LogP contribution in [0.15, 0.2) is 30.5 Å². The Labute approximate surface area is 172 Å². The number of aryl methyl sites for hydroxylation is 1. The van der Waals surface area contributed by atoms with Gasteiger partial charge in [0.1, 0.15) is 5.82 Å². The monoisotopic (exact) mass is 398 g/mol. The van der Waals surface area contributed by atoms with Gasteiger partial charge in [0.05, 0.1) is 25.4 Å². The molecular weight excluding hydrogens is 368 g/mol. The second kappa shape index (κ2) is 9.07. The zero-order chi connectivity index (χ0) is 20.2. The number of aromatic nitrogens is 2. The molecule has 0 spiro atoms. The number of morpholine rings is 1. The topological polar surface area (TPSA) is 68.6 Å². The van der Waals surface area contributed by atoms with Gasteiger partial charge in [-0.25, -0.2) is 4.98 Å². The van der Waals surface area contributed by atoms with Crippen LogP contribution in [0.25, 0.3) is 5.82 Å². The Morgan fingerprint density at radius 1 is 1.24 bits per heavy atom. The maximum absolute atomic E-state index is 13.0. The van der Waals surface area contributed by atoms with E-state index in [1.165, 1.54) is 0 Å². The van der Waals surface area contributed by atoms with E-state index in [2.05, 4.69) is 15.2 Å². The number of ether oxygens (including phenoxy) is 2. The largest absolute Gasteiger partial charge is 0.381 e. The van der Waals surface area contributed by atoms with Gasteiger partial charge in [0, 0.05) is 55.8 Å². The van der Waals surface area contributed by atoms with E-state index in [1.807, 2.05) is 42.7 Å². The van der Waals surface area contributed by atoms with Gasteiger partial charge in [-0.3, -0.25) is 9.69 Å². The van der Waals surface area contributed by atoms with Gasteiger partial charge in [0.2, 0.25) is 0 Å².